The largest absolute Gasteiger partial charge is 0.481 e. The van der Waals surface area contributed by atoms with E-state index < -0.39 is 5.41 Å². The molecule has 19 heavy (non-hydrogen) atoms. The molecular weight excluding hydrogens is 248 g/mol. The van der Waals surface area contributed by atoms with E-state index in [1.165, 1.54) is 7.11 Å². The monoisotopic (exact) mass is 266 g/mol. The van der Waals surface area contributed by atoms with E-state index in [0.29, 0.717) is 12.4 Å². The summed E-state index contributed by atoms with van der Waals surface area (Å²) < 4.78 is 4.94. The molecule has 0 saturated heterocycles. The van der Waals surface area contributed by atoms with E-state index >= 15 is 0 Å². The van der Waals surface area contributed by atoms with Gasteiger partial charge in [-0.15, -0.1) is 0 Å². The Hall–Kier alpha value is -2.31. The van der Waals surface area contributed by atoms with Gasteiger partial charge in [-0.05, 0) is 19.4 Å². The van der Waals surface area contributed by atoms with Crippen molar-refractivity contribution in [2.24, 2.45) is 16.3 Å². The third kappa shape index (κ3) is 3.57. The number of nitrogens with one attached hydrogen (secondary N) is 1. The van der Waals surface area contributed by atoms with Crippen molar-refractivity contribution >= 4 is 11.7 Å². The number of nitrogens with zero attached hydrogens (tertiary/aromatic N) is 2. The maximum Gasteiger partial charge on any atom is 0.233 e. The zero-order valence-electron chi connectivity index (χ0n) is 11.2. The molecule has 1 rings (SSSR count). The molecule has 1 heterocycles. The lowest BCUT2D eigenvalue weighted by Gasteiger charge is -2.21. The Labute approximate surface area is 111 Å². The first-order valence-corrected chi connectivity index (χ1v) is 5.67. The van der Waals surface area contributed by atoms with Crippen molar-refractivity contribution in [1.29, 1.82) is 0 Å². The Morgan fingerprint density at radius 3 is 2.74 bits per heavy atom. The molecule has 1 amide bonds. The second-order valence-electron chi connectivity index (χ2n) is 4.50. The standard InChI is InChI=1S/C12H18N4O3/c1-12(2,10(13)16-18)11(17)15-7-8-4-5-9(19-3)14-6-8/h4-6,18H,7H2,1-3H3,(H2,13,16)(H,15,17). The quantitative estimate of drug-likeness (QED) is 0.311. The lowest BCUT2D eigenvalue weighted by molar-refractivity contribution is -0.126. The van der Waals surface area contributed by atoms with Crippen LogP contribution in [0.5, 0.6) is 5.88 Å². The van der Waals surface area contributed by atoms with Crippen LogP contribution in [0.25, 0.3) is 0 Å². The highest BCUT2D eigenvalue weighted by Gasteiger charge is 2.32. The highest BCUT2D eigenvalue weighted by atomic mass is 16.5. The van der Waals surface area contributed by atoms with Gasteiger partial charge in [-0.3, -0.25) is 4.79 Å². The molecule has 0 aliphatic rings. The normalized spacial score (nSPS) is 12.1. The molecule has 7 heteroatoms. The maximum absolute atomic E-state index is 11.9. The number of ether oxygens (including phenoxy) is 1. The van der Waals surface area contributed by atoms with Gasteiger partial charge in [0.25, 0.3) is 0 Å². The van der Waals surface area contributed by atoms with Crippen LogP contribution in [-0.2, 0) is 11.3 Å². The van der Waals surface area contributed by atoms with Crippen LogP contribution in [0.1, 0.15) is 19.4 Å². The maximum atomic E-state index is 11.9. The fraction of sp³-hybridized carbons (Fsp3) is 0.417. The molecular formula is C12H18N4O3. The summed E-state index contributed by atoms with van der Waals surface area (Å²) in [5, 5.41) is 14.2. The van der Waals surface area contributed by atoms with Crippen LogP contribution < -0.4 is 15.8 Å². The number of nitrogens with two attached hydrogens (primary N) is 1. The number of amides is 1. The van der Waals surface area contributed by atoms with Gasteiger partial charge < -0.3 is 21.0 Å². The second-order valence-corrected chi connectivity index (χ2v) is 4.50. The number of rotatable bonds is 5. The lowest BCUT2D eigenvalue weighted by Crippen LogP contribution is -2.45. The van der Waals surface area contributed by atoms with Gasteiger partial charge in [-0.2, -0.15) is 0 Å². The minimum Gasteiger partial charge on any atom is -0.481 e. The molecule has 0 spiro atoms. The molecule has 0 radical (unpaired) electrons. The van der Waals surface area contributed by atoms with E-state index in [1.54, 1.807) is 32.2 Å². The summed E-state index contributed by atoms with van der Waals surface area (Å²) in [7, 11) is 1.53. The third-order valence-corrected chi connectivity index (χ3v) is 2.78. The van der Waals surface area contributed by atoms with Crippen molar-refractivity contribution in [3.63, 3.8) is 0 Å². The third-order valence-electron chi connectivity index (χ3n) is 2.78. The zero-order valence-corrected chi connectivity index (χ0v) is 11.2. The second kappa shape index (κ2) is 6.03. The molecule has 7 nitrogen and oxygen atoms in total. The minimum atomic E-state index is -1.07. The highest BCUT2D eigenvalue weighted by molar-refractivity contribution is 6.05. The van der Waals surface area contributed by atoms with Crippen LogP contribution in [0.3, 0.4) is 0 Å². The van der Waals surface area contributed by atoms with Gasteiger partial charge in [0.15, 0.2) is 5.84 Å². The van der Waals surface area contributed by atoms with Crippen LogP contribution in [0.2, 0.25) is 0 Å². The number of amidine groups is 1. The number of aromatic nitrogens is 1. The van der Waals surface area contributed by atoms with E-state index in [0.717, 1.165) is 5.56 Å². The number of oxime groups is 1. The minimum absolute atomic E-state index is 0.141. The summed E-state index contributed by atoms with van der Waals surface area (Å²) in [6.45, 7) is 3.45. The van der Waals surface area contributed by atoms with Crippen LogP contribution in [0.4, 0.5) is 0 Å². The molecule has 104 valence electrons. The summed E-state index contributed by atoms with van der Waals surface area (Å²) in [6.07, 6.45) is 1.61. The Balaban J connectivity index is 2.63. The van der Waals surface area contributed by atoms with Crippen molar-refractivity contribution < 1.29 is 14.7 Å². The van der Waals surface area contributed by atoms with Crippen LogP contribution in [-0.4, -0.2) is 29.0 Å². The number of carbonyl (C=O) groups excluding carboxylic acids is 1. The molecule has 0 fully saturated rings. The summed E-state index contributed by atoms with van der Waals surface area (Å²) in [4.78, 5) is 16.0. The molecule has 0 aromatic carbocycles. The average Bonchev–Trinajstić information content (AvgIpc) is 2.44. The van der Waals surface area contributed by atoms with Crippen molar-refractivity contribution in [1.82, 2.24) is 10.3 Å². The van der Waals surface area contributed by atoms with Crippen LogP contribution >= 0.6 is 0 Å². The first-order valence-electron chi connectivity index (χ1n) is 5.67. The number of methoxy groups -OCH3 is 1. The first-order chi connectivity index (χ1) is 8.91. The lowest BCUT2D eigenvalue weighted by atomic mass is 9.91. The summed E-state index contributed by atoms with van der Waals surface area (Å²) in [5.41, 5.74) is 5.22. The molecule has 0 saturated carbocycles. The molecule has 0 bridgehead atoms. The SMILES string of the molecule is COc1ccc(CNC(=O)C(C)(C)C(N)=NO)cn1. The molecule has 0 aliphatic carbocycles. The summed E-state index contributed by atoms with van der Waals surface area (Å²) in [5.74, 6) is 0.0311. The molecule has 1 aromatic heterocycles. The molecule has 1 aromatic rings. The fourth-order valence-electron chi connectivity index (χ4n) is 1.28. The summed E-state index contributed by atoms with van der Waals surface area (Å²) in [6, 6.07) is 3.50. The Kier molecular flexibility index (Phi) is 4.68. The molecule has 4 N–H and O–H groups in total. The fourth-order valence-corrected chi connectivity index (χ4v) is 1.28. The van der Waals surface area contributed by atoms with Gasteiger partial charge in [-0.25, -0.2) is 4.98 Å². The first kappa shape index (κ1) is 14.7. The smallest absolute Gasteiger partial charge is 0.233 e. The summed E-state index contributed by atoms with van der Waals surface area (Å²) >= 11 is 0. The number of carbonyl (C=O) groups is 1. The number of hydrogen-bond acceptors (Lipinski definition) is 5. The van der Waals surface area contributed by atoms with Gasteiger partial charge in [-0.1, -0.05) is 11.2 Å². The molecule has 0 unspecified atom stereocenters. The van der Waals surface area contributed by atoms with Crippen molar-refractivity contribution in [2.45, 2.75) is 20.4 Å². The van der Waals surface area contributed by atoms with E-state index in [-0.39, 0.29) is 11.7 Å². The molecule has 0 atom stereocenters. The van der Waals surface area contributed by atoms with Gasteiger partial charge >= 0.3 is 0 Å². The number of pyridine rings is 1. The Morgan fingerprint density at radius 2 is 2.26 bits per heavy atom. The van der Waals surface area contributed by atoms with Crippen LogP contribution in [0.15, 0.2) is 23.5 Å². The average molecular weight is 266 g/mol. The van der Waals surface area contributed by atoms with E-state index in [9.17, 15) is 4.79 Å². The van der Waals surface area contributed by atoms with Crippen molar-refractivity contribution in [3.8, 4) is 5.88 Å². The van der Waals surface area contributed by atoms with Crippen molar-refractivity contribution in [2.75, 3.05) is 7.11 Å². The Bertz CT molecular complexity index is 468. The Morgan fingerprint density at radius 1 is 1.58 bits per heavy atom. The topological polar surface area (TPSA) is 110 Å². The van der Waals surface area contributed by atoms with Gasteiger partial charge in [0.1, 0.15) is 5.41 Å². The van der Waals surface area contributed by atoms with E-state index in [1.807, 2.05) is 0 Å². The van der Waals surface area contributed by atoms with Crippen LogP contribution in [0, 0.1) is 5.41 Å². The van der Waals surface area contributed by atoms with E-state index in [2.05, 4.69) is 15.5 Å². The highest BCUT2D eigenvalue weighted by Crippen LogP contribution is 2.15. The van der Waals surface area contributed by atoms with Gasteiger partial charge in [0.2, 0.25) is 11.8 Å². The number of hydrogen-bond donors (Lipinski definition) is 3. The zero-order chi connectivity index (χ0) is 14.5. The van der Waals surface area contributed by atoms with Gasteiger partial charge in [0.05, 0.1) is 7.11 Å². The predicted molar refractivity (Wildman–Crippen MR) is 69.8 cm³/mol. The van der Waals surface area contributed by atoms with Gasteiger partial charge in [0, 0.05) is 18.8 Å². The predicted octanol–water partition coefficient (Wildman–Crippen LogP) is 0.479. The van der Waals surface area contributed by atoms with E-state index in [4.69, 9.17) is 15.7 Å². The van der Waals surface area contributed by atoms with Crippen molar-refractivity contribution in [3.05, 3.63) is 23.9 Å². The molecule has 0 aliphatic heterocycles.